The molecule has 1 atom stereocenters. The van der Waals surface area contributed by atoms with Crippen LogP contribution in [0.3, 0.4) is 0 Å². The molecule has 0 radical (unpaired) electrons. The fourth-order valence-electron chi connectivity index (χ4n) is 3.13. The number of nitrogens with zero attached hydrogens (tertiary/aromatic N) is 2. The standard InChI is InChI=1S/C17H28FN3/c1-4-9-19-12-15-7-5-8-16(18)17(15)21-11-6-10-20(3)13-14(21)2/h5,7-8,14,19H,4,6,9-13H2,1-3H3. The summed E-state index contributed by atoms with van der Waals surface area (Å²) in [6.45, 7) is 9.03. The van der Waals surface area contributed by atoms with E-state index in [4.69, 9.17) is 0 Å². The first-order valence-corrected chi connectivity index (χ1v) is 8.06. The molecule has 1 aromatic carbocycles. The summed E-state index contributed by atoms with van der Waals surface area (Å²) in [5.41, 5.74) is 1.86. The van der Waals surface area contributed by atoms with Crippen molar-refractivity contribution in [3.63, 3.8) is 0 Å². The third-order valence-corrected chi connectivity index (χ3v) is 4.15. The van der Waals surface area contributed by atoms with Crippen LogP contribution in [0.4, 0.5) is 10.1 Å². The van der Waals surface area contributed by atoms with E-state index in [0.717, 1.165) is 56.8 Å². The Hall–Kier alpha value is -1.13. The smallest absolute Gasteiger partial charge is 0.146 e. The number of para-hydroxylation sites is 1. The fourth-order valence-corrected chi connectivity index (χ4v) is 3.13. The second-order valence-corrected chi connectivity index (χ2v) is 6.08. The first-order valence-electron chi connectivity index (χ1n) is 8.06. The van der Waals surface area contributed by atoms with Gasteiger partial charge in [-0.1, -0.05) is 19.1 Å². The van der Waals surface area contributed by atoms with Gasteiger partial charge in [0.25, 0.3) is 0 Å². The second kappa shape index (κ2) is 7.76. The number of anilines is 1. The van der Waals surface area contributed by atoms with Crippen LogP contribution in [-0.2, 0) is 6.54 Å². The molecule has 1 aliphatic heterocycles. The van der Waals surface area contributed by atoms with Crippen LogP contribution in [0.2, 0.25) is 0 Å². The molecule has 1 saturated heterocycles. The predicted molar refractivity (Wildman–Crippen MR) is 87.3 cm³/mol. The van der Waals surface area contributed by atoms with Gasteiger partial charge in [-0.15, -0.1) is 0 Å². The Morgan fingerprint density at radius 2 is 2.14 bits per heavy atom. The molecule has 0 bridgehead atoms. The van der Waals surface area contributed by atoms with E-state index in [1.54, 1.807) is 6.07 Å². The Labute approximate surface area is 128 Å². The quantitative estimate of drug-likeness (QED) is 0.842. The van der Waals surface area contributed by atoms with Crippen molar-refractivity contribution in [2.24, 2.45) is 0 Å². The van der Waals surface area contributed by atoms with Crippen LogP contribution in [0.15, 0.2) is 18.2 Å². The van der Waals surface area contributed by atoms with Gasteiger partial charge in [0.2, 0.25) is 0 Å². The number of hydrogen-bond donors (Lipinski definition) is 1. The van der Waals surface area contributed by atoms with Crippen LogP contribution in [0.5, 0.6) is 0 Å². The minimum atomic E-state index is -0.0952. The zero-order valence-electron chi connectivity index (χ0n) is 13.5. The van der Waals surface area contributed by atoms with E-state index in [1.165, 1.54) is 0 Å². The van der Waals surface area contributed by atoms with E-state index in [0.29, 0.717) is 6.04 Å². The van der Waals surface area contributed by atoms with Gasteiger partial charge in [0, 0.05) is 25.7 Å². The van der Waals surface area contributed by atoms with Crippen molar-refractivity contribution < 1.29 is 4.39 Å². The maximum Gasteiger partial charge on any atom is 0.146 e. The molecule has 1 fully saturated rings. The van der Waals surface area contributed by atoms with Crippen molar-refractivity contribution in [2.75, 3.05) is 38.1 Å². The molecule has 1 aliphatic rings. The van der Waals surface area contributed by atoms with Crippen molar-refractivity contribution >= 4 is 5.69 Å². The molecule has 0 saturated carbocycles. The Morgan fingerprint density at radius 1 is 1.33 bits per heavy atom. The highest BCUT2D eigenvalue weighted by atomic mass is 19.1. The molecule has 1 aromatic rings. The Morgan fingerprint density at radius 3 is 2.90 bits per heavy atom. The lowest BCUT2D eigenvalue weighted by Gasteiger charge is -2.32. The van der Waals surface area contributed by atoms with Crippen LogP contribution in [0.1, 0.15) is 32.3 Å². The summed E-state index contributed by atoms with van der Waals surface area (Å²) in [5, 5.41) is 3.39. The Balaban J connectivity index is 2.23. The molecule has 3 nitrogen and oxygen atoms in total. The third kappa shape index (κ3) is 4.17. The molecular weight excluding hydrogens is 265 g/mol. The highest BCUT2D eigenvalue weighted by Gasteiger charge is 2.24. The van der Waals surface area contributed by atoms with Crippen molar-refractivity contribution in [1.82, 2.24) is 10.2 Å². The maximum absolute atomic E-state index is 14.5. The first kappa shape index (κ1) is 16.2. The third-order valence-electron chi connectivity index (χ3n) is 4.15. The van der Waals surface area contributed by atoms with Gasteiger partial charge in [-0.05, 0) is 51.5 Å². The van der Waals surface area contributed by atoms with Gasteiger partial charge in [0.1, 0.15) is 5.82 Å². The minimum absolute atomic E-state index is 0.0952. The highest BCUT2D eigenvalue weighted by molar-refractivity contribution is 5.56. The zero-order chi connectivity index (χ0) is 15.2. The summed E-state index contributed by atoms with van der Waals surface area (Å²) in [7, 11) is 2.14. The summed E-state index contributed by atoms with van der Waals surface area (Å²) >= 11 is 0. The minimum Gasteiger partial charge on any atom is -0.365 e. The van der Waals surface area contributed by atoms with Crippen LogP contribution in [-0.4, -0.2) is 44.2 Å². The van der Waals surface area contributed by atoms with E-state index >= 15 is 0 Å². The molecule has 1 unspecified atom stereocenters. The van der Waals surface area contributed by atoms with Crippen molar-refractivity contribution in [3.05, 3.63) is 29.6 Å². The van der Waals surface area contributed by atoms with E-state index in [1.807, 2.05) is 12.1 Å². The summed E-state index contributed by atoms with van der Waals surface area (Å²) in [5.74, 6) is -0.0952. The highest BCUT2D eigenvalue weighted by Crippen LogP contribution is 2.28. The summed E-state index contributed by atoms with van der Waals surface area (Å²) in [4.78, 5) is 4.59. The fraction of sp³-hybridized carbons (Fsp3) is 0.647. The lowest BCUT2D eigenvalue weighted by Crippen LogP contribution is -2.39. The van der Waals surface area contributed by atoms with Gasteiger partial charge in [-0.3, -0.25) is 0 Å². The molecule has 0 aliphatic carbocycles. The lowest BCUT2D eigenvalue weighted by molar-refractivity contribution is 0.337. The lowest BCUT2D eigenvalue weighted by atomic mass is 10.1. The molecule has 1 heterocycles. The molecule has 4 heteroatoms. The van der Waals surface area contributed by atoms with E-state index < -0.39 is 0 Å². The van der Waals surface area contributed by atoms with Crippen LogP contribution < -0.4 is 10.2 Å². The Bertz CT molecular complexity index is 450. The van der Waals surface area contributed by atoms with Gasteiger partial charge in [0.05, 0.1) is 5.69 Å². The van der Waals surface area contributed by atoms with Crippen LogP contribution in [0, 0.1) is 5.82 Å². The van der Waals surface area contributed by atoms with Crippen molar-refractivity contribution in [2.45, 2.75) is 39.3 Å². The van der Waals surface area contributed by atoms with E-state index in [-0.39, 0.29) is 5.82 Å². The van der Waals surface area contributed by atoms with Gasteiger partial charge in [-0.2, -0.15) is 0 Å². The SMILES string of the molecule is CCCNCc1cccc(F)c1N1CCCN(C)CC1C. The number of rotatable bonds is 5. The second-order valence-electron chi connectivity index (χ2n) is 6.08. The predicted octanol–water partition coefficient (Wildman–Crippen LogP) is 2.86. The summed E-state index contributed by atoms with van der Waals surface area (Å²) in [6.07, 6.45) is 2.17. The molecule has 0 amide bonds. The molecule has 118 valence electrons. The number of likely N-dealkylation sites (N-methyl/N-ethyl adjacent to an activating group) is 1. The van der Waals surface area contributed by atoms with E-state index in [2.05, 4.69) is 36.0 Å². The number of halogens is 1. The number of benzene rings is 1. The number of hydrogen-bond acceptors (Lipinski definition) is 3. The normalized spacial score (nSPS) is 20.6. The molecule has 0 spiro atoms. The molecule has 1 N–H and O–H groups in total. The monoisotopic (exact) mass is 293 g/mol. The van der Waals surface area contributed by atoms with Gasteiger partial charge in [0.15, 0.2) is 0 Å². The average molecular weight is 293 g/mol. The summed E-state index contributed by atoms with van der Waals surface area (Å²) in [6, 6.07) is 5.78. The molecular formula is C17H28FN3. The molecule has 21 heavy (non-hydrogen) atoms. The number of nitrogens with one attached hydrogen (secondary N) is 1. The van der Waals surface area contributed by atoms with Crippen LogP contribution >= 0.6 is 0 Å². The van der Waals surface area contributed by atoms with Gasteiger partial charge in [-0.25, -0.2) is 4.39 Å². The average Bonchev–Trinajstić information content (AvgIpc) is 2.60. The molecule has 0 aromatic heterocycles. The Kier molecular flexibility index (Phi) is 6.00. The van der Waals surface area contributed by atoms with Crippen LogP contribution in [0.25, 0.3) is 0 Å². The van der Waals surface area contributed by atoms with Gasteiger partial charge >= 0.3 is 0 Å². The summed E-state index contributed by atoms with van der Waals surface area (Å²) < 4.78 is 14.5. The molecule has 2 rings (SSSR count). The van der Waals surface area contributed by atoms with Crippen molar-refractivity contribution in [3.8, 4) is 0 Å². The van der Waals surface area contributed by atoms with E-state index in [9.17, 15) is 4.39 Å². The topological polar surface area (TPSA) is 18.5 Å². The van der Waals surface area contributed by atoms with Crippen molar-refractivity contribution in [1.29, 1.82) is 0 Å². The maximum atomic E-state index is 14.5. The largest absolute Gasteiger partial charge is 0.365 e. The van der Waals surface area contributed by atoms with Gasteiger partial charge < -0.3 is 15.1 Å². The zero-order valence-corrected chi connectivity index (χ0v) is 13.5. The first-order chi connectivity index (χ1) is 10.1.